The molecule has 1 fully saturated rings. The largest absolute Gasteiger partial charge is 0.480 e. The van der Waals surface area contributed by atoms with Gasteiger partial charge in [-0.1, -0.05) is 25.7 Å². The van der Waals surface area contributed by atoms with E-state index in [1.165, 1.54) is 48.3 Å². The molecule has 6 nitrogen and oxygen atoms in total. The molecule has 0 radical (unpaired) electrons. The van der Waals surface area contributed by atoms with Crippen molar-refractivity contribution < 1.29 is 14.7 Å². The molecule has 144 valence electrons. The van der Waals surface area contributed by atoms with Gasteiger partial charge in [0.25, 0.3) is 0 Å². The van der Waals surface area contributed by atoms with Crippen LogP contribution in [0, 0.1) is 6.92 Å². The lowest BCUT2D eigenvalue weighted by Crippen LogP contribution is -2.29. The maximum Gasteiger partial charge on any atom is 0.320 e. The van der Waals surface area contributed by atoms with Gasteiger partial charge < -0.3 is 22.3 Å². The lowest BCUT2D eigenvalue weighted by molar-refractivity contribution is -0.138. The lowest BCUT2D eigenvalue weighted by atomic mass is 9.97. The number of carbonyl (C=O) groups is 2. The first-order valence-corrected chi connectivity index (χ1v) is 9.68. The molecule has 0 aliphatic heterocycles. The zero-order chi connectivity index (χ0) is 19.1. The standard InChI is InChI=1S/C6H14N2O2.C6H13N.C6H6OS/c7-4-2-1-3-5(8)6(9)10;7-6-4-2-1-3-5-6;1-5-2-3-6(4-7)8-5/h5H,1-4,7-8H2,(H,9,10);6H,1-5,7H2;2-4H,1H3/t5-;;/m0../s1. The summed E-state index contributed by atoms with van der Waals surface area (Å²) in [4.78, 5) is 22.2. The van der Waals surface area contributed by atoms with Gasteiger partial charge >= 0.3 is 5.97 Å². The quantitative estimate of drug-likeness (QED) is 0.449. The van der Waals surface area contributed by atoms with Gasteiger partial charge in [-0.3, -0.25) is 9.59 Å². The zero-order valence-corrected chi connectivity index (χ0v) is 16.0. The molecule has 1 aromatic rings. The van der Waals surface area contributed by atoms with Gasteiger partial charge in [-0.05, 0) is 51.3 Å². The van der Waals surface area contributed by atoms with Gasteiger partial charge in [0.05, 0.1) is 4.88 Å². The van der Waals surface area contributed by atoms with Crippen molar-refractivity contribution in [1.29, 1.82) is 0 Å². The normalized spacial score (nSPS) is 15.2. The summed E-state index contributed by atoms with van der Waals surface area (Å²) in [6.07, 6.45) is 9.70. The minimum Gasteiger partial charge on any atom is -0.480 e. The maximum atomic E-state index is 10.1. The average molecular weight is 372 g/mol. The van der Waals surface area contributed by atoms with Crippen LogP contribution in [0.1, 0.15) is 65.9 Å². The summed E-state index contributed by atoms with van der Waals surface area (Å²) in [5.41, 5.74) is 16.1. The highest BCUT2D eigenvalue weighted by Gasteiger charge is 2.09. The van der Waals surface area contributed by atoms with E-state index in [0.29, 0.717) is 19.0 Å². The Hall–Kier alpha value is -1.28. The minimum atomic E-state index is -0.933. The van der Waals surface area contributed by atoms with Gasteiger partial charge in [-0.15, -0.1) is 11.3 Å². The van der Waals surface area contributed by atoms with E-state index in [9.17, 15) is 9.59 Å². The average Bonchev–Trinajstić information content (AvgIpc) is 3.02. The number of hydrogen-bond acceptors (Lipinski definition) is 6. The van der Waals surface area contributed by atoms with Crippen LogP contribution in [0.25, 0.3) is 0 Å². The van der Waals surface area contributed by atoms with E-state index in [-0.39, 0.29) is 0 Å². The van der Waals surface area contributed by atoms with Crippen molar-refractivity contribution in [2.24, 2.45) is 17.2 Å². The van der Waals surface area contributed by atoms with Gasteiger partial charge in [0.2, 0.25) is 0 Å². The molecule has 1 aliphatic rings. The first kappa shape index (κ1) is 23.7. The number of aldehydes is 1. The van der Waals surface area contributed by atoms with Gasteiger partial charge in [-0.25, -0.2) is 0 Å². The van der Waals surface area contributed by atoms with E-state index in [0.717, 1.165) is 24.0 Å². The van der Waals surface area contributed by atoms with Crippen LogP contribution in [0.3, 0.4) is 0 Å². The SMILES string of the molecule is Cc1ccc(C=O)s1.NC1CCCCC1.NCCCC[C@H](N)C(=O)O. The van der Waals surface area contributed by atoms with Crippen molar-refractivity contribution in [1.82, 2.24) is 0 Å². The van der Waals surface area contributed by atoms with Gasteiger partial charge in [0, 0.05) is 10.9 Å². The number of rotatable bonds is 6. The van der Waals surface area contributed by atoms with Gasteiger partial charge in [-0.2, -0.15) is 0 Å². The molecule has 7 N–H and O–H groups in total. The lowest BCUT2D eigenvalue weighted by Gasteiger charge is -2.15. The Morgan fingerprint density at radius 1 is 1.32 bits per heavy atom. The van der Waals surface area contributed by atoms with Crippen molar-refractivity contribution in [3.63, 3.8) is 0 Å². The molecule has 1 aromatic heterocycles. The van der Waals surface area contributed by atoms with E-state index < -0.39 is 12.0 Å². The molecule has 1 aliphatic carbocycles. The Morgan fingerprint density at radius 3 is 2.28 bits per heavy atom. The van der Waals surface area contributed by atoms with Crippen LogP contribution in [-0.2, 0) is 4.79 Å². The van der Waals surface area contributed by atoms with E-state index >= 15 is 0 Å². The van der Waals surface area contributed by atoms with Crippen LogP contribution in [0.15, 0.2) is 12.1 Å². The smallest absolute Gasteiger partial charge is 0.320 e. The fraction of sp³-hybridized carbons (Fsp3) is 0.667. The van der Waals surface area contributed by atoms with Crippen LogP contribution >= 0.6 is 11.3 Å². The molecule has 1 heterocycles. The summed E-state index contributed by atoms with van der Waals surface area (Å²) in [5.74, 6) is -0.933. The van der Waals surface area contributed by atoms with E-state index in [1.807, 2.05) is 19.1 Å². The van der Waals surface area contributed by atoms with Crippen molar-refractivity contribution in [2.45, 2.75) is 70.4 Å². The Morgan fingerprint density at radius 2 is 1.96 bits per heavy atom. The first-order valence-electron chi connectivity index (χ1n) is 8.86. The van der Waals surface area contributed by atoms with Gasteiger partial charge in [0.15, 0.2) is 6.29 Å². The second-order valence-electron chi connectivity index (χ2n) is 6.19. The summed E-state index contributed by atoms with van der Waals surface area (Å²) >= 11 is 1.52. The Labute approximate surface area is 154 Å². The Balaban J connectivity index is 0.000000350. The molecule has 0 saturated heterocycles. The molecule has 1 saturated carbocycles. The summed E-state index contributed by atoms with van der Waals surface area (Å²) in [6, 6.07) is 3.58. The second-order valence-corrected chi connectivity index (χ2v) is 7.51. The predicted molar refractivity (Wildman–Crippen MR) is 104 cm³/mol. The molecular weight excluding hydrogens is 338 g/mol. The third kappa shape index (κ3) is 13.7. The molecule has 0 spiro atoms. The molecular formula is C18H33N3O3S. The molecule has 0 unspecified atom stereocenters. The molecule has 1 atom stereocenters. The summed E-state index contributed by atoms with van der Waals surface area (Å²) in [5, 5.41) is 8.33. The Bertz CT molecular complexity index is 474. The number of aliphatic carboxylic acids is 1. The Kier molecular flexibility index (Phi) is 14.2. The highest BCUT2D eigenvalue weighted by molar-refractivity contribution is 7.13. The number of aryl methyl sites for hydroxylation is 1. The molecule has 7 heteroatoms. The fourth-order valence-electron chi connectivity index (χ4n) is 2.28. The van der Waals surface area contributed by atoms with E-state index in [2.05, 4.69) is 0 Å². The minimum absolute atomic E-state index is 0.520. The van der Waals surface area contributed by atoms with Crippen LogP contribution in [0.4, 0.5) is 0 Å². The zero-order valence-electron chi connectivity index (χ0n) is 15.2. The summed E-state index contributed by atoms with van der Waals surface area (Å²) in [7, 11) is 0. The highest BCUT2D eigenvalue weighted by Crippen LogP contribution is 2.14. The van der Waals surface area contributed by atoms with Crippen molar-refractivity contribution in [3.05, 3.63) is 21.9 Å². The maximum absolute atomic E-state index is 10.1. The third-order valence-electron chi connectivity index (χ3n) is 3.81. The number of hydrogen-bond donors (Lipinski definition) is 4. The number of carboxylic acid groups (broad SMARTS) is 1. The van der Waals surface area contributed by atoms with Crippen LogP contribution in [-0.4, -0.2) is 36.0 Å². The topological polar surface area (TPSA) is 132 Å². The van der Waals surface area contributed by atoms with E-state index in [4.69, 9.17) is 22.3 Å². The van der Waals surface area contributed by atoms with E-state index in [1.54, 1.807) is 0 Å². The number of unbranched alkanes of at least 4 members (excludes halogenated alkanes) is 1. The molecule has 0 amide bonds. The van der Waals surface area contributed by atoms with Crippen molar-refractivity contribution in [3.8, 4) is 0 Å². The molecule has 0 aromatic carbocycles. The van der Waals surface area contributed by atoms with Crippen molar-refractivity contribution >= 4 is 23.6 Å². The molecule has 25 heavy (non-hydrogen) atoms. The number of thiophene rings is 1. The van der Waals surface area contributed by atoms with Crippen molar-refractivity contribution in [2.75, 3.05) is 6.54 Å². The second kappa shape index (κ2) is 15.0. The number of nitrogens with two attached hydrogens (primary N) is 3. The van der Waals surface area contributed by atoms with Crippen LogP contribution < -0.4 is 17.2 Å². The summed E-state index contributed by atoms with van der Waals surface area (Å²) in [6.45, 7) is 2.59. The molecule has 0 bridgehead atoms. The van der Waals surface area contributed by atoms with Crippen LogP contribution in [0.5, 0.6) is 0 Å². The molecule has 2 rings (SSSR count). The van der Waals surface area contributed by atoms with Crippen LogP contribution in [0.2, 0.25) is 0 Å². The number of carboxylic acids is 1. The monoisotopic (exact) mass is 371 g/mol. The summed E-state index contributed by atoms with van der Waals surface area (Å²) < 4.78 is 0. The predicted octanol–water partition coefficient (Wildman–Crippen LogP) is 2.67. The fourth-order valence-corrected chi connectivity index (χ4v) is 2.98. The first-order chi connectivity index (χ1) is 11.9. The highest BCUT2D eigenvalue weighted by atomic mass is 32.1. The van der Waals surface area contributed by atoms with Gasteiger partial charge in [0.1, 0.15) is 6.04 Å². The number of carbonyl (C=O) groups excluding carboxylic acids is 1. The third-order valence-corrected chi connectivity index (χ3v) is 4.74.